The molecule has 0 aliphatic heterocycles. The second-order valence-electron chi connectivity index (χ2n) is 4.29. The number of carbonyl (C=O) groups excluding carboxylic acids is 1. The molecule has 0 aliphatic carbocycles. The molecule has 2 nitrogen and oxygen atoms in total. The number of para-hydroxylation sites is 1. The van der Waals surface area contributed by atoms with Crippen molar-refractivity contribution in [3.63, 3.8) is 0 Å². The predicted molar refractivity (Wildman–Crippen MR) is 75.1 cm³/mol. The lowest BCUT2D eigenvalue weighted by molar-refractivity contribution is -0.112. The molecule has 0 fully saturated rings. The molecule has 0 saturated heterocycles. The summed E-state index contributed by atoms with van der Waals surface area (Å²) < 4.78 is 26.9. The molecule has 20 heavy (non-hydrogen) atoms. The third-order valence-corrected chi connectivity index (χ3v) is 2.74. The fraction of sp³-hybridized carbons (Fsp3) is 0.0625. The van der Waals surface area contributed by atoms with E-state index in [-0.39, 0.29) is 0 Å². The molecular formula is C16H13F2NO. The summed E-state index contributed by atoms with van der Waals surface area (Å²) in [5, 5.41) is 2.24. The van der Waals surface area contributed by atoms with E-state index in [1.165, 1.54) is 6.07 Å². The van der Waals surface area contributed by atoms with Gasteiger partial charge in [-0.3, -0.25) is 4.79 Å². The minimum absolute atomic E-state index is 0.360. The molecule has 2 aromatic carbocycles. The highest BCUT2D eigenvalue weighted by Gasteiger charge is 2.12. The zero-order valence-electron chi connectivity index (χ0n) is 10.9. The zero-order chi connectivity index (χ0) is 14.5. The highest BCUT2D eigenvalue weighted by molar-refractivity contribution is 6.06. The van der Waals surface area contributed by atoms with Gasteiger partial charge in [-0.05, 0) is 30.7 Å². The van der Waals surface area contributed by atoms with E-state index in [0.29, 0.717) is 5.57 Å². The fourth-order valence-electron chi connectivity index (χ4n) is 1.69. The van der Waals surface area contributed by atoms with Crippen LogP contribution in [0.1, 0.15) is 12.5 Å². The summed E-state index contributed by atoms with van der Waals surface area (Å²) in [5.41, 5.74) is 0.770. The van der Waals surface area contributed by atoms with Crippen LogP contribution in [0, 0.1) is 11.6 Å². The van der Waals surface area contributed by atoms with Crippen molar-refractivity contribution in [3.8, 4) is 0 Å². The number of amides is 1. The highest BCUT2D eigenvalue weighted by atomic mass is 19.1. The van der Waals surface area contributed by atoms with E-state index in [1.807, 2.05) is 30.3 Å². The summed E-state index contributed by atoms with van der Waals surface area (Å²) in [6.07, 6.45) is 1.65. The highest BCUT2D eigenvalue weighted by Crippen LogP contribution is 2.19. The molecule has 0 aromatic heterocycles. The average molecular weight is 273 g/mol. The minimum atomic E-state index is -0.800. The van der Waals surface area contributed by atoms with E-state index in [1.54, 1.807) is 13.0 Å². The predicted octanol–water partition coefficient (Wildman–Crippen LogP) is 4.01. The molecule has 2 rings (SSSR count). The van der Waals surface area contributed by atoms with Gasteiger partial charge in [-0.25, -0.2) is 8.78 Å². The number of rotatable bonds is 3. The molecule has 102 valence electrons. The summed E-state index contributed by atoms with van der Waals surface area (Å²) in [6.45, 7) is 1.58. The van der Waals surface area contributed by atoms with E-state index in [0.717, 1.165) is 17.7 Å². The normalized spacial score (nSPS) is 11.2. The number of nitrogens with one attached hydrogen (secondary N) is 1. The monoisotopic (exact) mass is 273 g/mol. The summed E-state index contributed by atoms with van der Waals surface area (Å²) in [6, 6.07) is 12.6. The lowest BCUT2D eigenvalue weighted by Crippen LogP contribution is -2.14. The average Bonchev–Trinajstić information content (AvgIpc) is 2.44. The Morgan fingerprint density at radius 3 is 2.20 bits per heavy atom. The summed E-state index contributed by atoms with van der Waals surface area (Å²) >= 11 is 0. The van der Waals surface area contributed by atoms with E-state index >= 15 is 0 Å². The van der Waals surface area contributed by atoms with Crippen LogP contribution in [0.25, 0.3) is 6.08 Å². The van der Waals surface area contributed by atoms with Crippen LogP contribution in [0.3, 0.4) is 0 Å². The van der Waals surface area contributed by atoms with Crippen LogP contribution >= 0.6 is 0 Å². The van der Waals surface area contributed by atoms with Gasteiger partial charge in [0.05, 0.1) is 0 Å². The van der Waals surface area contributed by atoms with Crippen LogP contribution in [-0.4, -0.2) is 5.91 Å². The largest absolute Gasteiger partial charge is 0.317 e. The first kappa shape index (κ1) is 13.9. The molecule has 1 amide bonds. The van der Waals surface area contributed by atoms with Gasteiger partial charge in [0, 0.05) is 5.57 Å². The summed E-state index contributed by atoms with van der Waals surface area (Å²) in [4.78, 5) is 11.9. The van der Waals surface area contributed by atoms with Crippen molar-refractivity contribution in [2.45, 2.75) is 6.92 Å². The number of benzene rings is 2. The van der Waals surface area contributed by atoms with Crippen molar-refractivity contribution in [2.24, 2.45) is 0 Å². The molecule has 0 atom stereocenters. The first-order valence-corrected chi connectivity index (χ1v) is 6.06. The second-order valence-corrected chi connectivity index (χ2v) is 4.29. The van der Waals surface area contributed by atoms with Crippen LogP contribution in [0.15, 0.2) is 54.1 Å². The second kappa shape index (κ2) is 6.10. The third kappa shape index (κ3) is 3.29. The molecule has 0 spiro atoms. The molecule has 2 aromatic rings. The van der Waals surface area contributed by atoms with Crippen molar-refractivity contribution in [2.75, 3.05) is 5.32 Å². The van der Waals surface area contributed by atoms with Gasteiger partial charge in [-0.15, -0.1) is 0 Å². The molecule has 0 bridgehead atoms. The van der Waals surface area contributed by atoms with Crippen LogP contribution in [-0.2, 0) is 4.79 Å². The Balaban J connectivity index is 2.18. The first-order valence-electron chi connectivity index (χ1n) is 6.06. The fourth-order valence-corrected chi connectivity index (χ4v) is 1.69. The van der Waals surface area contributed by atoms with Crippen molar-refractivity contribution in [3.05, 3.63) is 71.3 Å². The van der Waals surface area contributed by atoms with Gasteiger partial charge in [0.1, 0.15) is 17.3 Å². The van der Waals surface area contributed by atoms with Gasteiger partial charge in [0.2, 0.25) is 0 Å². The van der Waals surface area contributed by atoms with Crippen LogP contribution in [0.4, 0.5) is 14.5 Å². The van der Waals surface area contributed by atoms with Crippen molar-refractivity contribution >= 4 is 17.7 Å². The lowest BCUT2D eigenvalue weighted by Gasteiger charge is -2.07. The Morgan fingerprint density at radius 1 is 1.00 bits per heavy atom. The van der Waals surface area contributed by atoms with Gasteiger partial charge < -0.3 is 5.32 Å². The molecular weight excluding hydrogens is 260 g/mol. The standard InChI is InChI=1S/C16H13F2NO/c1-11(10-12-6-3-2-4-7-12)16(20)19-15-13(17)8-5-9-14(15)18/h2-10H,1H3,(H,19,20)/b11-10+. The molecule has 0 radical (unpaired) electrons. The maximum absolute atomic E-state index is 13.4. The maximum Gasteiger partial charge on any atom is 0.251 e. The maximum atomic E-state index is 13.4. The molecule has 0 aliphatic rings. The summed E-state index contributed by atoms with van der Waals surface area (Å²) in [7, 11) is 0. The first-order chi connectivity index (χ1) is 9.58. The van der Waals surface area contributed by atoms with Crippen molar-refractivity contribution in [1.29, 1.82) is 0 Å². The van der Waals surface area contributed by atoms with Crippen molar-refractivity contribution in [1.82, 2.24) is 0 Å². The summed E-state index contributed by atoms with van der Waals surface area (Å²) in [5.74, 6) is -2.14. The Kier molecular flexibility index (Phi) is 4.25. The number of carbonyl (C=O) groups is 1. The smallest absolute Gasteiger partial charge is 0.251 e. The minimum Gasteiger partial charge on any atom is -0.317 e. The van der Waals surface area contributed by atoms with E-state index in [4.69, 9.17) is 0 Å². The molecule has 0 heterocycles. The molecule has 0 saturated carbocycles. The SMILES string of the molecule is C/C(=C\c1ccccc1)C(=O)Nc1c(F)cccc1F. The van der Waals surface area contributed by atoms with Crippen LogP contribution < -0.4 is 5.32 Å². The van der Waals surface area contributed by atoms with Gasteiger partial charge >= 0.3 is 0 Å². The van der Waals surface area contributed by atoms with E-state index in [2.05, 4.69) is 5.32 Å². The van der Waals surface area contributed by atoms with Gasteiger partial charge in [-0.2, -0.15) is 0 Å². The number of hydrogen-bond donors (Lipinski definition) is 1. The Labute approximate surface area is 115 Å². The molecule has 0 unspecified atom stereocenters. The number of anilines is 1. The third-order valence-electron chi connectivity index (χ3n) is 2.74. The number of halogens is 2. The van der Waals surface area contributed by atoms with E-state index in [9.17, 15) is 13.6 Å². The van der Waals surface area contributed by atoms with E-state index < -0.39 is 23.2 Å². The molecule has 4 heteroatoms. The quantitative estimate of drug-likeness (QED) is 0.841. The lowest BCUT2D eigenvalue weighted by atomic mass is 10.1. The topological polar surface area (TPSA) is 29.1 Å². The van der Waals surface area contributed by atoms with Crippen molar-refractivity contribution < 1.29 is 13.6 Å². The van der Waals surface area contributed by atoms with Gasteiger partial charge in [0.15, 0.2) is 0 Å². The Bertz CT molecular complexity index is 631. The van der Waals surface area contributed by atoms with Gasteiger partial charge in [0.25, 0.3) is 5.91 Å². The molecule has 1 N–H and O–H groups in total. The van der Waals surface area contributed by atoms with Crippen LogP contribution in [0.5, 0.6) is 0 Å². The Hall–Kier alpha value is -2.49. The zero-order valence-corrected chi connectivity index (χ0v) is 10.9. The Morgan fingerprint density at radius 2 is 1.60 bits per heavy atom. The van der Waals surface area contributed by atoms with Crippen LogP contribution in [0.2, 0.25) is 0 Å². The van der Waals surface area contributed by atoms with Gasteiger partial charge in [-0.1, -0.05) is 36.4 Å². The number of hydrogen-bond acceptors (Lipinski definition) is 1.